The van der Waals surface area contributed by atoms with Crippen LogP contribution >= 0.6 is 0 Å². The predicted octanol–water partition coefficient (Wildman–Crippen LogP) is 1.45. The lowest BCUT2D eigenvalue weighted by molar-refractivity contribution is 0.0162. The number of aliphatic hydroxyl groups is 1. The van der Waals surface area contributed by atoms with E-state index in [2.05, 4.69) is 19.3 Å². The fraction of sp³-hybridized carbons (Fsp3) is 0.600. The lowest BCUT2D eigenvalue weighted by Gasteiger charge is -2.06. The van der Waals surface area contributed by atoms with Gasteiger partial charge in [0.15, 0.2) is 0 Å². The van der Waals surface area contributed by atoms with Crippen molar-refractivity contribution >= 4 is 0 Å². The van der Waals surface area contributed by atoms with Crippen LogP contribution in [0.1, 0.15) is 25.4 Å². The summed E-state index contributed by atoms with van der Waals surface area (Å²) in [7, 11) is 0. The van der Waals surface area contributed by atoms with Crippen molar-refractivity contribution in [2.75, 3.05) is 6.61 Å². The number of nitrogens with one attached hydrogen (secondary N) is 1. The highest BCUT2D eigenvalue weighted by molar-refractivity contribution is 5.05. The highest BCUT2D eigenvalue weighted by Crippen LogP contribution is 2.06. The van der Waals surface area contributed by atoms with Gasteiger partial charge in [0.1, 0.15) is 18.1 Å². The molecule has 0 amide bonds. The Morgan fingerprint density at radius 3 is 2.71 bits per heavy atom. The van der Waals surface area contributed by atoms with Gasteiger partial charge in [0.05, 0.1) is 13.2 Å². The first kappa shape index (κ1) is 11.2. The van der Waals surface area contributed by atoms with E-state index in [1.165, 1.54) is 0 Å². The standard InChI is InChI=1S/C10H17NO3/c1-8(2)7-13-11-5-9-3-4-10(6-12)14-9/h3-4,8,11-12H,5-7H2,1-2H3. The van der Waals surface area contributed by atoms with Gasteiger partial charge in [0, 0.05) is 0 Å². The smallest absolute Gasteiger partial charge is 0.129 e. The molecule has 1 aromatic rings. The normalized spacial score (nSPS) is 11.1. The van der Waals surface area contributed by atoms with Crippen LogP contribution in [0.4, 0.5) is 0 Å². The number of rotatable bonds is 6. The third kappa shape index (κ3) is 3.91. The van der Waals surface area contributed by atoms with E-state index < -0.39 is 0 Å². The van der Waals surface area contributed by atoms with Crippen LogP contribution in [0.5, 0.6) is 0 Å². The van der Waals surface area contributed by atoms with Gasteiger partial charge in [-0.15, -0.1) is 0 Å². The molecule has 0 bridgehead atoms. The molecular weight excluding hydrogens is 182 g/mol. The van der Waals surface area contributed by atoms with Crippen LogP contribution in [0, 0.1) is 5.92 Å². The third-order valence-corrected chi connectivity index (χ3v) is 1.64. The minimum Gasteiger partial charge on any atom is -0.462 e. The maximum atomic E-state index is 8.75. The molecule has 0 saturated heterocycles. The van der Waals surface area contributed by atoms with Gasteiger partial charge in [-0.2, -0.15) is 5.48 Å². The largest absolute Gasteiger partial charge is 0.462 e. The summed E-state index contributed by atoms with van der Waals surface area (Å²) in [5.41, 5.74) is 2.80. The number of hydrogen-bond acceptors (Lipinski definition) is 4. The molecule has 0 atom stereocenters. The van der Waals surface area contributed by atoms with Crippen LogP contribution in [0.3, 0.4) is 0 Å². The summed E-state index contributed by atoms with van der Waals surface area (Å²) in [6, 6.07) is 3.57. The van der Waals surface area contributed by atoms with Crippen LogP contribution in [0.15, 0.2) is 16.5 Å². The van der Waals surface area contributed by atoms with Gasteiger partial charge >= 0.3 is 0 Å². The lowest BCUT2D eigenvalue weighted by Crippen LogP contribution is -2.16. The van der Waals surface area contributed by atoms with E-state index in [4.69, 9.17) is 14.4 Å². The predicted molar refractivity (Wildman–Crippen MR) is 52.3 cm³/mol. The van der Waals surface area contributed by atoms with Gasteiger partial charge in [-0.05, 0) is 18.1 Å². The zero-order valence-corrected chi connectivity index (χ0v) is 8.62. The van der Waals surface area contributed by atoms with Crippen molar-refractivity contribution in [2.45, 2.75) is 27.0 Å². The average molecular weight is 199 g/mol. The Labute approximate surface area is 83.8 Å². The molecule has 0 aliphatic carbocycles. The lowest BCUT2D eigenvalue weighted by atomic mass is 10.2. The van der Waals surface area contributed by atoms with Gasteiger partial charge in [0.25, 0.3) is 0 Å². The number of hydrogen-bond donors (Lipinski definition) is 2. The van der Waals surface area contributed by atoms with Crippen LogP contribution in [-0.2, 0) is 18.0 Å². The first-order valence-electron chi connectivity index (χ1n) is 4.75. The van der Waals surface area contributed by atoms with E-state index in [0.29, 0.717) is 24.8 Å². The third-order valence-electron chi connectivity index (χ3n) is 1.64. The van der Waals surface area contributed by atoms with Crippen LogP contribution < -0.4 is 5.48 Å². The molecule has 0 aliphatic rings. The van der Waals surface area contributed by atoms with E-state index >= 15 is 0 Å². The molecule has 0 saturated carbocycles. The van der Waals surface area contributed by atoms with E-state index in [-0.39, 0.29) is 6.61 Å². The summed E-state index contributed by atoms with van der Waals surface area (Å²) >= 11 is 0. The molecule has 0 fully saturated rings. The van der Waals surface area contributed by atoms with E-state index in [1.54, 1.807) is 6.07 Å². The summed E-state index contributed by atoms with van der Waals surface area (Å²) in [4.78, 5) is 5.17. The maximum absolute atomic E-state index is 8.75. The molecule has 0 aliphatic heterocycles. The quantitative estimate of drug-likeness (QED) is 0.538. The van der Waals surface area contributed by atoms with Crippen molar-refractivity contribution in [3.63, 3.8) is 0 Å². The molecule has 1 rings (SSSR count). The molecule has 0 spiro atoms. The van der Waals surface area contributed by atoms with Crippen LogP contribution in [0.25, 0.3) is 0 Å². The average Bonchev–Trinajstić information content (AvgIpc) is 2.60. The van der Waals surface area contributed by atoms with E-state index in [9.17, 15) is 0 Å². The van der Waals surface area contributed by atoms with Gasteiger partial charge in [-0.25, -0.2) is 0 Å². The second-order valence-electron chi connectivity index (χ2n) is 3.55. The Morgan fingerprint density at radius 1 is 1.43 bits per heavy atom. The summed E-state index contributed by atoms with van der Waals surface area (Å²) in [5.74, 6) is 1.84. The molecule has 2 N–H and O–H groups in total. The zero-order chi connectivity index (χ0) is 10.4. The number of aliphatic hydroxyl groups excluding tert-OH is 1. The fourth-order valence-electron chi connectivity index (χ4n) is 0.950. The molecule has 4 nitrogen and oxygen atoms in total. The number of furan rings is 1. The minimum absolute atomic E-state index is 0.0626. The molecule has 0 radical (unpaired) electrons. The number of hydroxylamine groups is 1. The minimum atomic E-state index is -0.0626. The monoisotopic (exact) mass is 199 g/mol. The van der Waals surface area contributed by atoms with Crippen molar-refractivity contribution in [3.8, 4) is 0 Å². The second-order valence-corrected chi connectivity index (χ2v) is 3.55. The van der Waals surface area contributed by atoms with Gasteiger partial charge in [-0.3, -0.25) is 0 Å². The summed E-state index contributed by atoms with van der Waals surface area (Å²) in [6.45, 7) is 5.30. The molecule has 80 valence electrons. The zero-order valence-electron chi connectivity index (χ0n) is 8.62. The van der Waals surface area contributed by atoms with Crippen LogP contribution in [0.2, 0.25) is 0 Å². The Kier molecular flexibility index (Phi) is 4.65. The summed E-state index contributed by atoms with van der Waals surface area (Å²) < 4.78 is 5.25. The molecular formula is C10H17NO3. The molecule has 0 aromatic carbocycles. The van der Waals surface area contributed by atoms with E-state index in [0.717, 1.165) is 5.76 Å². The van der Waals surface area contributed by atoms with Gasteiger partial charge in [-0.1, -0.05) is 13.8 Å². The molecule has 1 aromatic heterocycles. The maximum Gasteiger partial charge on any atom is 0.129 e. The molecule has 0 unspecified atom stereocenters. The summed E-state index contributed by atoms with van der Waals surface area (Å²) in [5, 5.41) is 8.75. The van der Waals surface area contributed by atoms with Gasteiger partial charge < -0.3 is 14.4 Å². The fourth-order valence-corrected chi connectivity index (χ4v) is 0.950. The van der Waals surface area contributed by atoms with Crippen molar-refractivity contribution < 1.29 is 14.4 Å². The molecule has 14 heavy (non-hydrogen) atoms. The topological polar surface area (TPSA) is 54.6 Å². The Morgan fingerprint density at radius 2 is 2.14 bits per heavy atom. The Balaban J connectivity index is 2.18. The Bertz CT molecular complexity index is 258. The second kappa shape index (κ2) is 5.80. The SMILES string of the molecule is CC(C)CONCc1ccc(CO)o1. The van der Waals surface area contributed by atoms with Gasteiger partial charge in [0.2, 0.25) is 0 Å². The van der Waals surface area contributed by atoms with Crippen molar-refractivity contribution in [2.24, 2.45) is 5.92 Å². The van der Waals surface area contributed by atoms with E-state index in [1.807, 2.05) is 6.07 Å². The highest BCUT2D eigenvalue weighted by Gasteiger charge is 2.00. The Hall–Kier alpha value is -0.840. The molecule has 4 heteroatoms. The first-order valence-corrected chi connectivity index (χ1v) is 4.75. The first-order chi connectivity index (χ1) is 6.72. The molecule has 1 heterocycles. The van der Waals surface area contributed by atoms with Crippen molar-refractivity contribution in [1.82, 2.24) is 5.48 Å². The highest BCUT2D eigenvalue weighted by atomic mass is 16.6. The van der Waals surface area contributed by atoms with Crippen LogP contribution in [-0.4, -0.2) is 11.7 Å². The summed E-state index contributed by atoms with van der Waals surface area (Å²) in [6.07, 6.45) is 0. The van der Waals surface area contributed by atoms with Crippen molar-refractivity contribution in [1.29, 1.82) is 0 Å². The van der Waals surface area contributed by atoms with Crippen molar-refractivity contribution in [3.05, 3.63) is 23.7 Å².